The van der Waals surface area contributed by atoms with Crippen LogP contribution in [-0.2, 0) is 10.0 Å². The quantitative estimate of drug-likeness (QED) is 0.889. The minimum atomic E-state index is -3.77. The van der Waals surface area contributed by atoms with Crippen molar-refractivity contribution in [1.82, 2.24) is 4.72 Å². The maximum atomic E-state index is 12.1. The summed E-state index contributed by atoms with van der Waals surface area (Å²) in [7, 11) is -3.77. The molecule has 0 aliphatic carbocycles. The van der Waals surface area contributed by atoms with Crippen LogP contribution in [0.2, 0.25) is 5.02 Å². The van der Waals surface area contributed by atoms with Gasteiger partial charge in [-0.3, -0.25) is 4.79 Å². The van der Waals surface area contributed by atoms with E-state index in [1.807, 2.05) is 32.0 Å². The highest BCUT2D eigenvalue weighted by Gasteiger charge is 2.35. The number of halogens is 1. The molecule has 1 amide bonds. The van der Waals surface area contributed by atoms with E-state index in [9.17, 15) is 13.2 Å². The molecule has 23 heavy (non-hydrogen) atoms. The van der Waals surface area contributed by atoms with Gasteiger partial charge in [0.1, 0.15) is 4.90 Å². The Kier molecular flexibility index (Phi) is 4.16. The number of nitrogens with one attached hydrogen (secondary N) is 1. The molecule has 2 aromatic carbocycles. The van der Waals surface area contributed by atoms with Gasteiger partial charge in [-0.25, -0.2) is 13.1 Å². The first kappa shape index (κ1) is 16.4. The second-order valence-electron chi connectivity index (χ2n) is 5.53. The van der Waals surface area contributed by atoms with E-state index < -0.39 is 15.9 Å². The van der Waals surface area contributed by atoms with E-state index in [-0.39, 0.29) is 16.4 Å². The van der Waals surface area contributed by atoms with Gasteiger partial charge in [0.2, 0.25) is 0 Å². The standard InChI is InChI=1S/C16H14ClNO3S2/c1-9(2)13-7-12(22-11-5-3-10(17)4-6-11)8-14-15(13)16(19)18-23(14,20)21/h3-9H,1-2H3,(H,18,19). The molecule has 0 spiro atoms. The van der Waals surface area contributed by atoms with Gasteiger partial charge in [0, 0.05) is 14.8 Å². The Labute approximate surface area is 144 Å². The molecule has 1 aliphatic heterocycles. The first-order valence-electron chi connectivity index (χ1n) is 6.96. The fourth-order valence-corrected chi connectivity index (χ4v) is 4.77. The highest BCUT2D eigenvalue weighted by Crippen LogP contribution is 2.37. The minimum Gasteiger partial charge on any atom is -0.268 e. The van der Waals surface area contributed by atoms with Gasteiger partial charge in [-0.05, 0) is 47.9 Å². The van der Waals surface area contributed by atoms with E-state index in [0.717, 1.165) is 15.4 Å². The van der Waals surface area contributed by atoms with Crippen molar-refractivity contribution in [2.45, 2.75) is 34.5 Å². The number of hydrogen-bond donors (Lipinski definition) is 1. The van der Waals surface area contributed by atoms with Crippen molar-refractivity contribution in [1.29, 1.82) is 0 Å². The smallest absolute Gasteiger partial charge is 0.266 e. The number of sulfonamides is 1. The molecule has 3 rings (SSSR count). The predicted octanol–water partition coefficient (Wildman–Crippen LogP) is 4.05. The first-order chi connectivity index (χ1) is 10.8. The Morgan fingerprint density at radius 2 is 1.74 bits per heavy atom. The Bertz CT molecular complexity index is 890. The summed E-state index contributed by atoms with van der Waals surface area (Å²) in [5, 5.41) is 0.642. The lowest BCUT2D eigenvalue weighted by Crippen LogP contribution is -2.21. The maximum absolute atomic E-state index is 12.1. The van der Waals surface area contributed by atoms with Crippen LogP contribution in [0.3, 0.4) is 0 Å². The van der Waals surface area contributed by atoms with Crippen molar-refractivity contribution in [3.05, 3.63) is 52.5 Å². The molecule has 2 aromatic rings. The molecule has 120 valence electrons. The summed E-state index contributed by atoms with van der Waals surface area (Å²) in [6.07, 6.45) is 0. The predicted molar refractivity (Wildman–Crippen MR) is 90.8 cm³/mol. The summed E-state index contributed by atoms with van der Waals surface area (Å²) < 4.78 is 26.3. The molecule has 0 saturated heterocycles. The third-order valence-electron chi connectivity index (χ3n) is 3.52. The molecule has 0 bridgehead atoms. The van der Waals surface area contributed by atoms with Crippen molar-refractivity contribution in [3.8, 4) is 0 Å². The first-order valence-corrected chi connectivity index (χ1v) is 9.64. The molecule has 0 aromatic heterocycles. The minimum absolute atomic E-state index is 0.0357. The molecule has 0 radical (unpaired) electrons. The Morgan fingerprint density at radius 3 is 2.35 bits per heavy atom. The number of amides is 1. The fraction of sp³-hybridized carbons (Fsp3) is 0.188. The lowest BCUT2D eigenvalue weighted by molar-refractivity contribution is 0.0984. The highest BCUT2D eigenvalue weighted by molar-refractivity contribution is 7.99. The van der Waals surface area contributed by atoms with Gasteiger partial charge in [-0.1, -0.05) is 37.2 Å². The lowest BCUT2D eigenvalue weighted by atomic mass is 9.97. The van der Waals surface area contributed by atoms with E-state index in [1.165, 1.54) is 11.8 Å². The zero-order chi connectivity index (χ0) is 16.8. The molecule has 1 heterocycles. The number of carbonyl (C=O) groups excluding carboxylic acids is 1. The monoisotopic (exact) mass is 367 g/mol. The zero-order valence-corrected chi connectivity index (χ0v) is 14.8. The normalized spacial score (nSPS) is 15.6. The zero-order valence-electron chi connectivity index (χ0n) is 12.5. The second kappa shape index (κ2) is 5.85. The van der Waals surface area contributed by atoms with Gasteiger partial charge < -0.3 is 0 Å². The van der Waals surface area contributed by atoms with Crippen LogP contribution in [0.4, 0.5) is 0 Å². The van der Waals surface area contributed by atoms with Crippen molar-refractivity contribution in [2.75, 3.05) is 0 Å². The number of carbonyl (C=O) groups is 1. The van der Waals surface area contributed by atoms with Crippen LogP contribution in [0.5, 0.6) is 0 Å². The number of benzene rings is 2. The maximum Gasteiger partial charge on any atom is 0.266 e. The summed E-state index contributed by atoms with van der Waals surface area (Å²) >= 11 is 7.31. The summed E-state index contributed by atoms with van der Waals surface area (Å²) in [6.45, 7) is 3.87. The second-order valence-corrected chi connectivity index (χ2v) is 8.77. The summed E-state index contributed by atoms with van der Waals surface area (Å²) in [5.74, 6) is -0.514. The molecule has 4 nitrogen and oxygen atoms in total. The van der Waals surface area contributed by atoms with Crippen LogP contribution in [0, 0.1) is 0 Å². The average molecular weight is 368 g/mol. The van der Waals surface area contributed by atoms with Crippen LogP contribution in [0.1, 0.15) is 35.7 Å². The Morgan fingerprint density at radius 1 is 1.09 bits per heavy atom. The van der Waals surface area contributed by atoms with Crippen molar-refractivity contribution < 1.29 is 13.2 Å². The van der Waals surface area contributed by atoms with Gasteiger partial charge in [0.15, 0.2) is 0 Å². The average Bonchev–Trinajstić information content (AvgIpc) is 2.70. The van der Waals surface area contributed by atoms with Crippen molar-refractivity contribution >= 4 is 39.3 Å². The molecule has 1 N–H and O–H groups in total. The van der Waals surface area contributed by atoms with Gasteiger partial charge in [0.05, 0.1) is 5.56 Å². The summed E-state index contributed by atoms with van der Waals surface area (Å²) in [5.41, 5.74) is 0.998. The molecular formula is C16H14ClNO3S2. The number of rotatable bonds is 3. The van der Waals surface area contributed by atoms with E-state index in [4.69, 9.17) is 11.6 Å². The summed E-state index contributed by atoms with van der Waals surface area (Å²) in [6, 6.07) is 10.7. The molecule has 0 saturated carbocycles. The van der Waals surface area contributed by atoms with Crippen LogP contribution < -0.4 is 4.72 Å². The molecule has 0 fully saturated rings. The van der Waals surface area contributed by atoms with Crippen LogP contribution in [-0.4, -0.2) is 14.3 Å². The van der Waals surface area contributed by atoms with Gasteiger partial charge >= 0.3 is 0 Å². The molecule has 0 atom stereocenters. The molecule has 7 heteroatoms. The topological polar surface area (TPSA) is 63.2 Å². The number of fused-ring (bicyclic) bond motifs is 1. The third-order valence-corrected chi connectivity index (χ3v) is 6.11. The third kappa shape index (κ3) is 3.11. The van der Waals surface area contributed by atoms with Gasteiger partial charge in [-0.2, -0.15) is 0 Å². The molecule has 1 aliphatic rings. The molecular weight excluding hydrogens is 354 g/mol. The van der Waals surface area contributed by atoms with Crippen LogP contribution in [0.25, 0.3) is 0 Å². The van der Waals surface area contributed by atoms with Crippen LogP contribution >= 0.6 is 23.4 Å². The van der Waals surface area contributed by atoms with E-state index in [0.29, 0.717) is 5.02 Å². The fourth-order valence-electron chi connectivity index (χ4n) is 2.45. The Hall–Kier alpha value is -1.50. The van der Waals surface area contributed by atoms with Crippen molar-refractivity contribution in [2.24, 2.45) is 0 Å². The van der Waals surface area contributed by atoms with E-state index in [1.54, 1.807) is 18.2 Å². The molecule has 0 unspecified atom stereocenters. The van der Waals surface area contributed by atoms with Crippen LogP contribution in [0.15, 0.2) is 51.1 Å². The highest BCUT2D eigenvalue weighted by atomic mass is 35.5. The summed E-state index contributed by atoms with van der Waals surface area (Å²) in [4.78, 5) is 13.8. The van der Waals surface area contributed by atoms with Gasteiger partial charge in [0.25, 0.3) is 15.9 Å². The van der Waals surface area contributed by atoms with E-state index >= 15 is 0 Å². The van der Waals surface area contributed by atoms with E-state index in [2.05, 4.69) is 4.72 Å². The SMILES string of the molecule is CC(C)c1cc(Sc2ccc(Cl)cc2)cc2c1C(=O)NS2(=O)=O. The largest absolute Gasteiger partial charge is 0.268 e. The Balaban J connectivity index is 2.11. The van der Waals surface area contributed by atoms with Gasteiger partial charge in [-0.15, -0.1) is 0 Å². The van der Waals surface area contributed by atoms with Crippen molar-refractivity contribution in [3.63, 3.8) is 0 Å². The number of hydrogen-bond acceptors (Lipinski definition) is 4. The lowest BCUT2D eigenvalue weighted by Gasteiger charge is -2.12.